The van der Waals surface area contributed by atoms with Crippen LogP contribution in [0.2, 0.25) is 0 Å². The summed E-state index contributed by atoms with van der Waals surface area (Å²) in [5.74, 6) is 2.95. The Bertz CT molecular complexity index is 1580. The number of allylic oxidation sites excluding steroid dienone is 5. The zero-order chi connectivity index (χ0) is 36.2. The Morgan fingerprint density at radius 2 is 1.59 bits per heavy atom. The van der Waals surface area contributed by atoms with Crippen LogP contribution in [0.5, 0.6) is 0 Å². The fraction of sp³-hybridized carbons (Fsp3) is 0.500. The zero-order valence-electron chi connectivity index (χ0n) is 32.2. The molecule has 4 aromatic rings. The summed E-state index contributed by atoms with van der Waals surface area (Å²) >= 11 is 0. The highest BCUT2D eigenvalue weighted by Crippen LogP contribution is 2.33. The van der Waals surface area contributed by atoms with Crippen LogP contribution >= 0.6 is 0 Å². The van der Waals surface area contributed by atoms with E-state index in [1.807, 2.05) is 32.3 Å². The molecule has 1 aliphatic heterocycles. The molecule has 268 valence electrons. The number of rotatable bonds is 11. The van der Waals surface area contributed by atoms with Crippen LogP contribution < -0.4 is 4.90 Å². The van der Waals surface area contributed by atoms with Gasteiger partial charge in [0, 0.05) is 30.9 Å². The molecule has 0 N–H and O–H groups in total. The van der Waals surface area contributed by atoms with Crippen molar-refractivity contribution in [2.24, 2.45) is 5.92 Å². The van der Waals surface area contributed by atoms with E-state index in [4.69, 9.17) is 19.1 Å². The van der Waals surface area contributed by atoms with Crippen molar-refractivity contribution in [1.82, 2.24) is 19.7 Å². The predicted octanol–water partition coefficient (Wildman–Crippen LogP) is 11.8. The molecule has 1 fully saturated rings. The Morgan fingerprint density at radius 3 is 2.20 bits per heavy atom. The number of unbranched alkanes of at least 4 members (excludes halogenated alkanes) is 1. The summed E-state index contributed by atoms with van der Waals surface area (Å²) in [4.78, 5) is 12.1. The highest BCUT2D eigenvalue weighted by Gasteiger charge is 2.22. The summed E-state index contributed by atoms with van der Waals surface area (Å²) in [5.41, 5.74) is 7.07. The van der Waals surface area contributed by atoms with Gasteiger partial charge in [-0.15, -0.1) is 0 Å². The Hall–Kier alpha value is -3.97. The largest absolute Gasteiger partial charge is 0.451 e. The smallest absolute Gasteiger partial charge is 0.253 e. The number of aryl methyl sites for hydroxylation is 1. The second-order valence-electron chi connectivity index (χ2n) is 12.8. The highest BCUT2D eigenvalue weighted by molar-refractivity contribution is 5.88. The van der Waals surface area contributed by atoms with E-state index in [1.54, 1.807) is 4.68 Å². The molecule has 0 bridgehead atoms. The summed E-state index contributed by atoms with van der Waals surface area (Å²) in [7, 11) is 0. The molecule has 0 radical (unpaired) electrons. The number of hydrogen-bond acceptors (Lipinski definition) is 6. The maximum Gasteiger partial charge on any atom is 0.253 e. The molecule has 1 aliphatic rings. The van der Waals surface area contributed by atoms with Gasteiger partial charge in [-0.1, -0.05) is 148 Å². The van der Waals surface area contributed by atoms with Gasteiger partial charge in [0.15, 0.2) is 11.4 Å². The number of benzene rings is 1. The van der Waals surface area contributed by atoms with Crippen molar-refractivity contribution in [2.45, 2.75) is 108 Å². The van der Waals surface area contributed by atoms with Gasteiger partial charge < -0.3 is 14.1 Å². The maximum absolute atomic E-state index is 6.49. The number of furan rings is 1. The highest BCUT2D eigenvalue weighted by atomic mass is 16.5. The molecule has 0 amide bonds. The lowest BCUT2D eigenvalue weighted by Crippen LogP contribution is -2.37. The number of morpholine rings is 1. The summed E-state index contributed by atoms with van der Waals surface area (Å²) in [6, 6.07) is 10.4. The van der Waals surface area contributed by atoms with E-state index in [2.05, 4.69) is 114 Å². The van der Waals surface area contributed by atoms with E-state index in [0.29, 0.717) is 24.7 Å². The van der Waals surface area contributed by atoms with E-state index >= 15 is 0 Å². The molecular formula is C42H63N5O2. The molecule has 1 aromatic carbocycles. The van der Waals surface area contributed by atoms with E-state index in [1.165, 1.54) is 18.4 Å². The summed E-state index contributed by atoms with van der Waals surface area (Å²) in [6.07, 6.45) is 16.8. The van der Waals surface area contributed by atoms with Gasteiger partial charge in [0.05, 0.1) is 19.4 Å². The van der Waals surface area contributed by atoms with Crippen LogP contribution in [0.3, 0.4) is 0 Å². The summed E-state index contributed by atoms with van der Waals surface area (Å²) in [6.45, 7) is 28.2. The molecule has 0 spiro atoms. The summed E-state index contributed by atoms with van der Waals surface area (Å²) in [5, 5.41) is 4.62. The minimum atomic E-state index is 0.520. The van der Waals surface area contributed by atoms with Crippen LogP contribution in [0, 0.1) is 12.8 Å². The van der Waals surface area contributed by atoms with E-state index in [-0.39, 0.29) is 0 Å². The van der Waals surface area contributed by atoms with Gasteiger partial charge in [-0.05, 0) is 36.8 Å². The van der Waals surface area contributed by atoms with Crippen LogP contribution in [0.25, 0.3) is 33.7 Å². The van der Waals surface area contributed by atoms with Gasteiger partial charge in [0.2, 0.25) is 0 Å². The van der Waals surface area contributed by atoms with Crippen LogP contribution in [-0.2, 0) is 4.74 Å². The van der Waals surface area contributed by atoms with Crippen molar-refractivity contribution in [2.75, 3.05) is 31.2 Å². The fourth-order valence-electron chi connectivity index (χ4n) is 4.82. The van der Waals surface area contributed by atoms with E-state index in [9.17, 15) is 0 Å². The minimum absolute atomic E-state index is 0.520. The quantitative estimate of drug-likeness (QED) is 0.148. The molecule has 7 heteroatoms. The van der Waals surface area contributed by atoms with Gasteiger partial charge in [0.1, 0.15) is 11.3 Å². The van der Waals surface area contributed by atoms with Crippen molar-refractivity contribution in [3.05, 3.63) is 84.4 Å². The fourth-order valence-corrected chi connectivity index (χ4v) is 4.82. The topological polar surface area (TPSA) is 69.2 Å². The lowest BCUT2D eigenvalue weighted by atomic mass is 10.1. The Morgan fingerprint density at radius 1 is 0.918 bits per heavy atom. The lowest BCUT2D eigenvalue weighted by molar-refractivity contribution is 0.122. The van der Waals surface area contributed by atoms with E-state index < -0.39 is 0 Å². The molecule has 0 unspecified atom stereocenters. The molecule has 0 atom stereocenters. The van der Waals surface area contributed by atoms with Gasteiger partial charge in [-0.3, -0.25) is 0 Å². The average Bonchev–Trinajstić information content (AvgIpc) is 3.77. The average molecular weight is 670 g/mol. The third-order valence-electron chi connectivity index (χ3n) is 7.33. The van der Waals surface area contributed by atoms with Crippen molar-refractivity contribution >= 4 is 22.5 Å². The number of aromatic nitrogens is 4. The minimum Gasteiger partial charge on any atom is -0.451 e. The summed E-state index contributed by atoms with van der Waals surface area (Å²) < 4.78 is 13.8. The first-order valence-electron chi connectivity index (χ1n) is 18.5. The molecule has 3 aromatic heterocycles. The van der Waals surface area contributed by atoms with Crippen molar-refractivity contribution in [1.29, 1.82) is 0 Å². The lowest BCUT2D eigenvalue weighted by Gasteiger charge is -2.27. The molecular weight excluding hydrogens is 606 g/mol. The molecule has 0 aliphatic carbocycles. The van der Waals surface area contributed by atoms with Crippen molar-refractivity contribution in [3.8, 4) is 17.1 Å². The molecule has 0 saturated carbocycles. The van der Waals surface area contributed by atoms with Crippen LogP contribution in [0.1, 0.15) is 112 Å². The maximum atomic E-state index is 6.49. The van der Waals surface area contributed by atoms with Gasteiger partial charge in [-0.2, -0.15) is 10.1 Å². The second kappa shape index (κ2) is 22.6. The van der Waals surface area contributed by atoms with Gasteiger partial charge in [0.25, 0.3) is 5.95 Å². The third kappa shape index (κ3) is 13.5. The zero-order valence-corrected chi connectivity index (χ0v) is 32.2. The first-order valence-corrected chi connectivity index (χ1v) is 18.5. The van der Waals surface area contributed by atoms with Crippen molar-refractivity contribution < 1.29 is 9.15 Å². The standard InChI is InChI=1S/C32H37N5O2.2C4H10.C2H6/c1-5-9-23(3)11-7-13-25(10-6-2)29-20-28-30(39-29)31(36-15-17-38-18-16-36)35-32(34-28)37-22-27(21-33-37)26-14-8-12-24(4)19-26;1-4(2)3;1-3-4-2;1-2/h7-8,11-14,19-22H,3,5-6,9-10,15-18H2,1-2,4H3;4H,1-3H3;3-4H2,1-2H3;1-2H3/b11-7-,25-13+;;;. The molecule has 7 nitrogen and oxygen atoms in total. The third-order valence-corrected chi connectivity index (χ3v) is 7.33. The van der Waals surface area contributed by atoms with Crippen LogP contribution in [-0.4, -0.2) is 46.1 Å². The predicted molar refractivity (Wildman–Crippen MR) is 211 cm³/mol. The van der Waals surface area contributed by atoms with Crippen LogP contribution in [0.4, 0.5) is 5.82 Å². The van der Waals surface area contributed by atoms with Gasteiger partial charge in [-0.25, -0.2) is 9.67 Å². The number of nitrogens with zero attached hydrogens (tertiary/aromatic N) is 5. The monoisotopic (exact) mass is 669 g/mol. The normalized spacial score (nSPS) is 13.0. The van der Waals surface area contributed by atoms with Crippen molar-refractivity contribution in [3.63, 3.8) is 0 Å². The first-order chi connectivity index (χ1) is 23.7. The second-order valence-corrected chi connectivity index (χ2v) is 12.8. The Balaban J connectivity index is 0.000000742. The number of hydrogen-bond donors (Lipinski definition) is 0. The molecule has 1 saturated heterocycles. The molecule has 4 heterocycles. The number of ether oxygens (including phenoxy) is 1. The Labute approximate surface area is 297 Å². The number of fused-ring (bicyclic) bond motifs is 1. The van der Waals surface area contributed by atoms with E-state index in [0.717, 1.165) is 84.1 Å². The molecule has 49 heavy (non-hydrogen) atoms. The van der Waals surface area contributed by atoms with Crippen LogP contribution in [0.15, 0.2) is 77.5 Å². The Kier molecular flexibility index (Phi) is 19.0. The first kappa shape index (κ1) is 41.2. The molecule has 5 rings (SSSR count). The number of anilines is 1. The van der Waals surface area contributed by atoms with Gasteiger partial charge >= 0.3 is 0 Å². The SMILES string of the molecule is C=C(/C=C\C=C(/CCC)c1cc2nc(-n3cc(-c4cccc(C)c4)cn3)nc(N3CCOCC3)c2o1)CCC.CC.CC(C)C.CCCC.